The Kier molecular flexibility index (Phi) is 10.3. The molecule has 0 saturated carbocycles. The maximum absolute atomic E-state index is 15.3. The Morgan fingerprint density at radius 2 is 1.46 bits per heavy atom. The zero-order valence-electron chi connectivity index (χ0n) is 30.7. The van der Waals surface area contributed by atoms with E-state index in [9.17, 15) is 18.5 Å². The number of piperidine rings is 1. The van der Waals surface area contributed by atoms with Crippen LogP contribution in [0.25, 0.3) is 0 Å². The summed E-state index contributed by atoms with van der Waals surface area (Å²) in [4.78, 5) is 35.9. The standard InChI is InChI=1S/C38H44N6O9S/c1-49-28-6-9-33(51-3)31(20-28)38(40-37(46)43-23-27(24-43)41-13-11-26(12-14-41)42-15-17-53-18-16-42)30-19-25(22-39)5-8-32(30)44(36(38)45)54(47,48)35-10-7-29(50-2)21-34(35)52-4/h5-10,19-21,26-27H,11-18,23-24H2,1-4H3,(H,40,46)/t38-/m0/s1. The lowest BCUT2D eigenvalue weighted by atomic mass is 9.82. The third kappa shape index (κ3) is 6.34. The number of rotatable bonds is 10. The Labute approximate surface area is 314 Å². The number of ether oxygens (including phenoxy) is 5. The van der Waals surface area contributed by atoms with E-state index in [0.717, 1.165) is 52.2 Å². The van der Waals surface area contributed by atoms with Gasteiger partial charge in [0, 0.05) is 68.5 Å². The summed E-state index contributed by atoms with van der Waals surface area (Å²) in [6, 6.07) is 15.3. The topological polar surface area (TPSA) is 163 Å². The Morgan fingerprint density at radius 3 is 2.11 bits per heavy atom. The van der Waals surface area contributed by atoms with E-state index in [0.29, 0.717) is 34.9 Å². The second-order valence-corrected chi connectivity index (χ2v) is 15.4. The van der Waals surface area contributed by atoms with Crippen LogP contribution in [0, 0.1) is 11.3 Å². The largest absolute Gasteiger partial charge is 0.497 e. The average Bonchev–Trinajstić information content (AvgIpc) is 3.44. The number of morpholine rings is 1. The van der Waals surface area contributed by atoms with Crippen molar-refractivity contribution in [3.63, 3.8) is 0 Å². The number of carbonyl (C=O) groups excluding carboxylic acids is 2. The van der Waals surface area contributed by atoms with Gasteiger partial charge in [-0.25, -0.2) is 13.2 Å². The van der Waals surface area contributed by atoms with E-state index < -0.39 is 27.5 Å². The van der Waals surface area contributed by atoms with E-state index in [1.165, 1.54) is 70.9 Å². The fourth-order valence-corrected chi connectivity index (χ4v) is 9.60. The number of nitriles is 1. The first kappa shape index (κ1) is 37.2. The molecule has 286 valence electrons. The molecule has 16 heteroatoms. The van der Waals surface area contributed by atoms with Crippen molar-refractivity contribution in [1.82, 2.24) is 20.0 Å². The van der Waals surface area contributed by atoms with Gasteiger partial charge in [-0.3, -0.25) is 14.6 Å². The number of likely N-dealkylation sites (tertiary alicyclic amines) is 2. The van der Waals surface area contributed by atoms with Gasteiger partial charge in [-0.15, -0.1) is 0 Å². The number of carbonyl (C=O) groups is 2. The van der Waals surface area contributed by atoms with Crippen molar-refractivity contribution >= 4 is 27.6 Å². The van der Waals surface area contributed by atoms with Crippen LogP contribution in [0.1, 0.15) is 29.5 Å². The van der Waals surface area contributed by atoms with Gasteiger partial charge in [0.1, 0.15) is 27.9 Å². The Bertz CT molecular complexity index is 2070. The molecule has 0 radical (unpaired) electrons. The van der Waals surface area contributed by atoms with Crippen LogP contribution in [0.15, 0.2) is 59.5 Å². The number of fused-ring (bicyclic) bond motifs is 1. The summed E-state index contributed by atoms with van der Waals surface area (Å²) in [6.45, 7) is 6.10. The molecular formula is C38H44N6O9S. The van der Waals surface area contributed by atoms with Crippen LogP contribution in [0.4, 0.5) is 10.5 Å². The second-order valence-electron chi connectivity index (χ2n) is 13.7. The number of anilines is 1. The molecule has 1 N–H and O–H groups in total. The number of methoxy groups -OCH3 is 4. The minimum absolute atomic E-state index is 0.0494. The van der Waals surface area contributed by atoms with Crippen LogP contribution >= 0.6 is 0 Å². The summed E-state index contributed by atoms with van der Waals surface area (Å²) >= 11 is 0. The Balaban J connectivity index is 1.25. The zero-order valence-corrected chi connectivity index (χ0v) is 31.6. The third-order valence-electron chi connectivity index (χ3n) is 11.0. The van der Waals surface area contributed by atoms with Crippen LogP contribution in [0.5, 0.6) is 23.0 Å². The van der Waals surface area contributed by atoms with Crippen molar-refractivity contribution < 1.29 is 41.7 Å². The highest BCUT2D eigenvalue weighted by Crippen LogP contribution is 2.51. The second kappa shape index (κ2) is 15.0. The van der Waals surface area contributed by atoms with Crippen molar-refractivity contribution in [2.45, 2.75) is 35.4 Å². The zero-order chi connectivity index (χ0) is 38.2. The molecular weight excluding hydrogens is 717 g/mol. The summed E-state index contributed by atoms with van der Waals surface area (Å²) in [5, 5.41) is 13.0. The summed E-state index contributed by atoms with van der Waals surface area (Å²) in [6.07, 6.45) is 2.08. The molecule has 54 heavy (non-hydrogen) atoms. The van der Waals surface area contributed by atoms with Crippen molar-refractivity contribution in [2.75, 3.05) is 85.2 Å². The number of nitrogens with zero attached hydrogens (tertiary/aromatic N) is 5. The Morgan fingerprint density at radius 1 is 0.815 bits per heavy atom. The molecule has 0 spiro atoms. The number of benzene rings is 3. The minimum atomic E-state index is -4.72. The smallest absolute Gasteiger partial charge is 0.318 e. The summed E-state index contributed by atoms with van der Waals surface area (Å²) in [7, 11) is 0.883. The van der Waals surface area contributed by atoms with Crippen LogP contribution in [-0.4, -0.2) is 128 Å². The molecule has 3 saturated heterocycles. The van der Waals surface area contributed by atoms with E-state index in [1.807, 2.05) is 0 Å². The number of hydrogen-bond acceptors (Lipinski definition) is 12. The molecule has 3 aromatic rings. The van der Waals surface area contributed by atoms with Crippen molar-refractivity contribution in [1.29, 1.82) is 5.26 Å². The van der Waals surface area contributed by atoms with E-state index in [2.05, 4.69) is 21.2 Å². The molecule has 0 aromatic heterocycles. The first-order valence-corrected chi connectivity index (χ1v) is 19.3. The SMILES string of the molecule is COc1ccc(S(=O)(=O)N2C(=O)[C@@](NC(=O)N3CC(N4CCC(N5CCOCC5)CC4)C3)(c3cc(OC)ccc3OC)c3cc(C#N)ccc32)c(OC)c1. The predicted molar refractivity (Wildman–Crippen MR) is 197 cm³/mol. The molecule has 0 bridgehead atoms. The van der Waals surface area contributed by atoms with Crippen LogP contribution in [0.3, 0.4) is 0 Å². The van der Waals surface area contributed by atoms with Gasteiger partial charge in [-0.1, -0.05) is 0 Å². The number of urea groups is 1. The van der Waals surface area contributed by atoms with E-state index in [1.54, 1.807) is 17.0 Å². The van der Waals surface area contributed by atoms with Crippen LogP contribution in [0.2, 0.25) is 0 Å². The average molecular weight is 761 g/mol. The highest BCUT2D eigenvalue weighted by molar-refractivity contribution is 7.93. The third-order valence-corrected chi connectivity index (χ3v) is 12.7. The Hall–Kier alpha value is -5.08. The first-order chi connectivity index (χ1) is 26.1. The van der Waals surface area contributed by atoms with Crippen molar-refractivity contribution in [2.24, 2.45) is 0 Å². The van der Waals surface area contributed by atoms with E-state index in [-0.39, 0.29) is 44.8 Å². The lowest BCUT2D eigenvalue weighted by molar-refractivity contribution is -0.121. The van der Waals surface area contributed by atoms with Gasteiger partial charge in [0.25, 0.3) is 15.9 Å². The molecule has 3 fully saturated rings. The van der Waals surface area contributed by atoms with Gasteiger partial charge in [-0.2, -0.15) is 9.57 Å². The molecule has 4 heterocycles. The quantitative estimate of drug-likeness (QED) is 0.322. The number of hydrogen-bond donors (Lipinski definition) is 1. The fourth-order valence-electron chi connectivity index (χ4n) is 7.99. The van der Waals surface area contributed by atoms with Gasteiger partial charge in [0.2, 0.25) is 0 Å². The molecule has 0 unspecified atom stereocenters. The number of sulfonamides is 1. The molecule has 0 aliphatic carbocycles. The fraction of sp³-hybridized carbons (Fsp3) is 0.447. The molecule has 3 aromatic carbocycles. The molecule has 1 atom stereocenters. The predicted octanol–water partition coefficient (Wildman–Crippen LogP) is 2.76. The maximum atomic E-state index is 15.3. The molecule has 4 aliphatic heterocycles. The van der Waals surface area contributed by atoms with E-state index in [4.69, 9.17) is 23.7 Å². The molecule has 7 rings (SSSR count). The van der Waals surface area contributed by atoms with Gasteiger partial charge in [0.15, 0.2) is 5.54 Å². The van der Waals surface area contributed by atoms with Crippen molar-refractivity contribution in [3.05, 3.63) is 71.3 Å². The number of amides is 3. The van der Waals surface area contributed by atoms with Gasteiger partial charge >= 0.3 is 6.03 Å². The monoisotopic (exact) mass is 760 g/mol. The molecule has 15 nitrogen and oxygen atoms in total. The van der Waals surface area contributed by atoms with Gasteiger partial charge in [0.05, 0.1) is 59.0 Å². The van der Waals surface area contributed by atoms with Gasteiger partial charge in [-0.05, 0) is 61.4 Å². The lowest BCUT2D eigenvalue weighted by Crippen LogP contribution is -2.67. The van der Waals surface area contributed by atoms with Crippen LogP contribution in [-0.2, 0) is 25.1 Å². The van der Waals surface area contributed by atoms with Crippen LogP contribution < -0.4 is 28.6 Å². The highest BCUT2D eigenvalue weighted by Gasteiger charge is 2.59. The highest BCUT2D eigenvalue weighted by atomic mass is 32.2. The number of nitrogens with one attached hydrogen (secondary N) is 1. The minimum Gasteiger partial charge on any atom is -0.497 e. The summed E-state index contributed by atoms with van der Waals surface area (Å²) in [5.74, 6) is -0.211. The first-order valence-electron chi connectivity index (χ1n) is 17.8. The summed E-state index contributed by atoms with van der Waals surface area (Å²) < 4.78 is 57.6. The van der Waals surface area contributed by atoms with Gasteiger partial charge < -0.3 is 33.9 Å². The lowest BCUT2D eigenvalue weighted by Gasteiger charge is -2.49. The molecule has 3 amide bonds. The van der Waals surface area contributed by atoms with Crippen molar-refractivity contribution in [3.8, 4) is 29.1 Å². The normalized spacial score (nSPS) is 21.2. The molecule has 4 aliphatic rings. The van der Waals surface area contributed by atoms with E-state index >= 15 is 4.79 Å². The maximum Gasteiger partial charge on any atom is 0.318 e. The summed E-state index contributed by atoms with van der Waals surface area (Å²) in [5.41, 5.74) is -1.88.